The van der Waals surface area contributed by atoms with Crippen molar-refractivity contribution in [2.75, 3.05) is 19.6 Å². The number of likely N-dealkylation sites (tertiary alicyclic amines) is 2. The summed E-state index contributed by atoms with van der Waals surface area (Å²) in [5.74, 6) is 0. The molecular formula is C21H26ClN3OS. The van der Waals surface area contributed by atoms with Gasteiger partial charge in [0.1, 0.15) is 0 Å². The Balaban J connectivity index is 1.26. The number of amides is 2. The first-order valence-electron chi connectivity index (χ1n) is 9.76. The van der Waals surface area contributed by atoms with Crippen molar-refractivity contribution in [2.24, 2.45) is 0 Å². The molecule has 4 rings (SSSR count). The number of halogens is 1. The second-order valence-corrected chi connectivity index (χ2v) is 8.91. The Kier molecular flexibility index (Phi) is 6.01. The topological polar surface area (TPSA) is 35.6 Å². The van der Waals surface area contributed by atoms with Gasteiger partial charge in [0, 0.05) is 42.1 Å². The summed E-state index contributed by atoms with van der Waals surface area (Å²) >= 11 is 7.71. The van der Waals surface area contributed by atoms with Gasteiger partial charge in [0.15, 0.2) is 0 Å². The van der Waals surface area contributed by atoms with Crippen molar-refractivity contribution in [1.82, 2.24) is 15.1 Å². The molecule has 2 amide bonds. The third kappa shape index (κ3) is 4.65. The maximum atomic E-state index is 12.8. The summed E-state index contributed by atoms with van der Waals surface area (Å²) in [6.45, 7) is 3.85. The van der Waals surface area contributed by atoms with Crippen LogP contribution in [-0.4, -0.2) is 41.5 Å². The van der Waals surface area contributed by atoms with Crippen LogP contribution in [0.2, 0.25) is 5.02 Å². The third-order valence-electron chi connectivity index (χ3n) is 5.62. The maximum Gasteiger partial charge on any atom is 0.318 e. The summed E-state index contributed by atoms with van der Waals surface area (Å²) in [5.41, 5.74) is 1.29. The zero-order valence-electron chi connectivity index (χ0n) is 15.4. The Morgan fingerprint density at radius 3 is 2.59 bits per heavy atom. The van der Waals surface area contributed by atoms with Gasteiger partial charge < -0.3 is 10.2 Å². The van der Waals surface area contributed by atoms with Gasteiger partial charge in [-0.15, -0.1) is 11.3 Å². The number of carbonyl (C=O) groups excluding carboxylic acids is 1. The minimum atomic E-state index is 0.113. The molecule has 3 heterocycles. The van der Waals surface area contributed by atoms with E-state index in [2.05, 4.69) is 39.9 Å². The van der Waals surface area contributed by atoms with Crippen molar-refractivity contribution in [2.45, 2.75) is 44.3 Å². The minimum Gasteiger partial charge on any atom is -0.335 e. The molecule has 2 saturated heterocycles. The molecule has 27 heavy (non-hydrogen) atoms. The fourth-order valence-corrected chi connectivity index (χ4v) is 5.13. The number of benzene rings is 1. The van der Waals surface area contributed by atoms with Crippen LogP contribution in [0.4, 0.5) is 4.79 Å². The monoisotopic (exact) mass is 403 g/mol. The first-order chi connectivity index (χ1) is 13.2. The number of hydrogen-bond acceptors (Lipinski definition) is 3. The van der Waals surface area contributed by atoms with Gasteiger partial charge in [-0.2, -0.15) is 0 Å². The fourth-order valence-electron chi connectivity index (χ4n) is 4.13. The van der Waals surface area contributed by atoms with E-state index in [1.807, 2.05) is 17.0 Å². The molecule has 0 spiro atoms. The van der Waals surface area contributed by atoms with Gasteiger partial charge in [-0.05, 0) is 54.8 Å². The van der Waals surface area contributed by atoms with E-state index in [1.54, 1.807) is 11.3 Å². The highest BCUT2D eigenvalue weighted by Gasteiger charge is 2.32. The quantitative estimate of drug-likeness (QED) is 0.786. The lowest BCUT2D eigenvalue weighted by atomic mass is 10.0. The summed E-state index contributed by atoms with van der Waals surface area (Å²) in [4.78, 5) is 18.6. The molecule has 0 bridgehead atoms. The molecule has 1 N–H and O–H groups in total. The molecule has 2 aliphatic rings. The van der Waals surface area contributed by atoms with Gasteiger partial charge in [-0.3, -0.25) is 4.90 Å². The highest BCUT2D eigenvalue weighted by atomic mass is 35.5. The zero-order chi connectivity index (χ0) is 18.6. The van der Waals surface area contributed by atoms with Crippen molar-refractivity contribution in [3.63, 3.8) is 0 Å². The number of urea groups is 1. The van der Waals surface area contributed by atoms with Crippen molar-refractivity contribution < 1.29 is 4.79 Å². The molecule has 1 aromatic carbocycles. The summed E-state index contributed by atoms with van der Waals surface area (Å²) in [5, 5.41) is 6.17. The van der Waals surface area contributed by atoms with Crippen LogP contribution in [0, 0.1) is 0 Å². The molecule has 6 heteroatoms. The summed E-state index contributed by atoms with van der Waals surface area (Å²) in [6.07, 6.45) is 4.19. The van der Waals surface area contributed by atoms with Crippen molar-refractivity contribution in [1.29, 1.82) is 0 Å². The van der Waals surface area contributed by atoms with Gasteiger partial charge in [0.2, 0.25) is 0 Å². The van der Waals surface area contributed by atoms with Gasteiger partial charge in [-0.25, -0.2) is 4.79 Å². The Morgan fingerprint density at radius 1 is 1.11 bits per heavy atom. The second-order valence-electron chi connectivity index (χ2n) is 7.49. The minimum absolute atomic E-state index is 0.113. The molecule has 144 valence electrons. The number of rotatable bonds is 4. The molecule has 1 unspecified atom stereocenters. The molecule has 4 nitrogen and oxygen atoms in total. The zero-order valence-corrected chi connectivity index (χ0v) is 17.0. The predicted molar refractivity (Wildman–Crippen MR) is 111 cm³/mol. The van der Waals surface area contributed by atoms with Gasteiger partial charge >= 0.3 is 6.03 Å². The van der Waals surface area contributed by atoms with Crippen LogP contribution >= 0.6 is 22.9 Å². The highest BCUT2D eigenvalue weighted by Crippen LogP contribution is 2.34. The van der Waals surface area contributed by atoms with E-state index in [0.29, 0.717) is 0 Å². The van der Waals surface area contributed by atoms with E-state index in [-0.39, 0.29) is 18.1 Å². The molecule has 0 saturated carbocycles. The average Bonchev–Trinajstić information content (AvgIpc) is 3.36. The molecule has 0 radical (unpaired) electrons. The third-order valence-corrected chi connectivity index (χ3v) is 6.85. The average molecular weight is 404 g/mol. The van der Waals surface area contributed by atoms with E-state index in [0.717, 1.165) is 56.9 Å². The number of nitrogens with zero attached hydrogens (tertiary/aromatic N) is 2. The van der Waals surface area contributed by atoms with Crippen LogP contribution in [0.3, 0.4) is 0 Å². The summed E-state index contributed by atoms with van der Waals surface area (Å²) in [7, 11) is 0. The largest absolute Gasteiger partial charge is 0.335 e. The number of piperidine rings is 1. The Morgan fingerprint density at radius 2 is 1.89 bits per heavy atom. The first kappa shape index (κ1) is 18.8. The lowest BCUT2D eigenvalue weighted by Crippen LogP contribution is -2.48. The lowest BCUT2D eigenvalue weighted by Gasteiger charge is -2.34. The van der Waals surface area contributed by atoms with E-state index >= 15 is 0 Å². The van der Waals surface area contributed by atoms with Crippen molar-refractivity contribution in [3.8, 4) is 0 Å². The smallest absolute Gasteiger partial charge is 0.318 e. The Hall–Kier alpha value is -1.56. The lowest BCUT2D eigenvalue weighted by molar-refractivity contribution is 0.166. The number of nitrogens with one attached hydrogen (secondary N) is 1. The van der Waals surface area contributed by atoms with Gasteiger partial charge in [0.25, 0.3) is 0 Å². The molecule has 1 aromatic heterocycles. The van der Waals surface area contributed by atoms with Crippen LogP contribution < -0.4 is 5.32 Å². The van der Waals surface area contributed by atoms with Crippen LogP contribution in [0.5, 0.6) is 0 Å². The highest BCUT2D eigenvalue weighted by molar-refractivity contribution is 7.10. The molecule has 2 fully saturated rings. The molecule has 1 atom stereocenters. The van der Waals surface area contributed by atoms with Crippen molar-refractivity contribution >= 4 is 29.0 Å². The van der Waals surface area contributed by atoms with Crippen LogP contribution in [-0.2, 0) is 6.54 Å². The van der Waals surface area contributed by atoms with Crippen LogP contribution in [0.1, 0.15) is 42.2 Å². The maximum absolute atomic E-state index is 12.8. The Bertz CT molecular complexity index is 741. The van der Waals surface area contributed by atoms with E-state index < -0.39 is 0 Å². The van der Waals surface area contributed by atoms with E-state index in [4.69, 9.17) is 11.6 Å². The summed E-state index contributed by atoms with van der Waals surface area (Å²) in [6, 6.07) is 13.0. The Labute approximate surface area is 170 Å². The fraction of sp³-hybridized carbons (Fsp3) is 0.476. The molecule has 0 aliphatic carbocycles. The first-order valence-corrected chi connectivity index (χ1v) is 11.0. The second kappa shape index (κ2) is 8.63. The number of carbonyl (C=O) groups is 1. The molecular weight excluding hydrogens is 378 g/mol. The molecule has 2 aromatic rings. The summed E-state index contributed by atoms with van der Waals surface area (Å²) < 4.78 is 0. The predicted octanol–water partition coefficient (Wildman–Crippen LogP) is 4.91. The van der Waals surface area contributed by atoms with Crippen LogP contribution in [0.15, 0.2) is 41.8 Å². The number of hydrogen-bond donors (Lipinski definition) is 1. The van der Waals surface area contributed by atoms with Crippen molar-refractivity contribution in [3.05, 3.63) is 57.2 Å². The van der Waals surface area contributed by atoms with E-state index in [9.17, 15) is 4.79 Å². The molecule has 2 aliphatic heterocycles. The number of thiophene rings is 1. The van der Waals surface area contributed by atoms with Gasteiger partial charge in [-0.1, -0.05) is 29.8 Å². The van der Waals surface area contributed by atoms with Crippen LogP contribution in [0.25, 0.3) is 0 Å². The van der Waals surface area contributed by atoms with E-state index in [1.165, 1.54) is 10.4 Å². The standard InChI is InChI=1S/C21H26ClN3OS/c22-17-7-5-16(6-8-17)15-24-12-9-18(10-13-24)23-21(26)25-11-1-3-19(25)20-4-2-14-27-20/h2,4-8,14,18-19H,1,3,9-13,15H2,(H,23,26). The SMILES string of the molecule is O=C(NC1CCN(Cc2ccc(Cl)cc2)CC1)N1CCCC1c1cccs1. The normalized spacial score (nSPS) is 21.5. The van der Waals surface area contributed by atoms with Gasteiger partial charge in [0.05, 0.1) is 6.04 Å².